The highest BCUT2D eigenvalue weighted by Gasteiger charge is 2.42. The van der Waals surface area contributed by atoms with Crippen LogP contribution in [0.3, 0.4) is 0 Å². The highest BCUT2D eigenvalue weighted by Crippen LogP contribution is 2.28. The van der Waals surface area contributed by atoms with Crippen molar-refractivity contribution < 1.29 is 21.6 Å². The van der Waals surface area contributed by atoms with E-state index in [0.717, 1.165) is 5.56 Å². The second-order valence-corrected chi connectivity index (χ2v) is 12.6. The summed E-state index contributed by atoms with van der Waals surface area (Å²) in [5.74, 6) is 0.304. The molecule has 0 saturated carbocycles. The van der Waals surface area contributed by atoms with E-state index < -0.39 is 25.9 Å². The van der Waals surface area contributed by atoms with Gasteiger partial charge in [-0.15, -0.1) is 0 Å². The molecule has 3 saturated heterocycles. The van der Waals surface area contributed by atoms with E-state index in [1.54, 1.807) is 29.2 Å². The Hall–Kier alpha value is -1.49. The van der Waals surface area contributed by atoms with Crippen molar-refractivity contribution in [3.8, 4) is 0 Å². The Morgan fingerprint density at radius 3 is 2.27 bits per heavy atom. The zero-order chi connectivity index (χ0) is 21.5. The van der Waals surface area contributed by atoms with Crippen molar-refractivity contribution in [1.29, 1.82) is 0 Å². The number of rotatable bonds is 4. The summed E-state index contributed by atoms with van der Waals surface area (Å²) in [4.78, 5) is 17.3. The van der Waals surface area contributed by atoms with Gasteiger partial charge in [0.15, 0.2) is 9.84 Å². The fourth-order valence-corrected chi connectivity index (χ4v) is 8.11. The van der Waals surface area contributed by atoms with Crippen LogP contribution < -0.4 is 0 Å². The molecule has 1 amide bonds. The van der Waals surface area contributed by atoms with E-state index in [0.29, 0.717) is 52.0 Å². The molecule has 0 radical (unpaired) electrons. The summed E-state index contributed by atoms with van der Waals surface area (Å²) < 4.78 is 51.1. The number of hydrogen-bond donors (Lipinski definition) is 0. The highest BCUT2D eigenvalue weighted by molar-refractivity contribution is 7.91. The minimum Gasteiger partial charge on any atom is -0.339 e. The van der Waals surface area contributed by atoms with Crippen LogP contribution in [0.2, 0.25) is 0 Å². The Bertz CT molecular complexity index is 999. The molecule has 3 fully saturated rings. The van der Waals surface area contributed by atoms with Crippen LogP contribution in [0.4, 0.5) is 0 Å². The number of hydrogen-bond acceptors (Lipinski definition) is 6. The summed E-state index contributed by atoms with van der Waals surface area (Å²) >= 11 is 0. The minimum atomic E-state index is -3.72. The Kier molecular flexibility index (Phi) is 5.95. The highest BCUT2D eigenvalue weighted by atomic mass is 32.2. The van der Waals surface area contributed by atoms with Gasteiger partial charge >= 0.3 is 0 Å². The van der Waals surface area contributed by atoms with Gasteiger partial charge in [0.05, 0.1) is 16.4 Å². The molecule has 8 nitrogen and oxygen atoms in total. The van der Waals surface area contributed by atoms with Crippen molar-refractivity contribution in [3.05, 3.63) is 29.8 Å². The second-order valence-electron chi connectivity index (χ2n) is 8.50. The third-order valence-electron chi connectivity index (χ3n) is 6.47. The fourth-order valence-electron chi connectivity index (χ4n) is 4.70. The van der Waals surface area contributed by atoms with E-state index in [-0.39, 0.29) is 28.4 Å². The lowest BCUT2D eigenvalue weighted by Crippen LogP contribution is -2.56. The number of amides is 1. The van der Waals surface area contributed by atoms with Crippen molar-refractivity contribution >= 4 is 25.8 Å². The molecule has 0 N–H and O–H groups in total. The molecular formula is C20H29N3O5S2. The van der Waals surface area contributed by atoms with Crippen LogP contribution in [-0.4, -0.2) is 93.2 Å². The number of sulfonamides is 1. The molecule has 0 bridgehead atoms. The average Bonchev–Trinajstić information content (AvgIpc) is 3.35. The summed E-state index contributed by atoms with van der Waals surface area (Å²) in [6.45, 7) is 4.52. The fraction of sp³-hybridized carbons (Fsp3) is 0.650. The van der Waals surface area contributed by atoms with Crippen molar-refractivity contribution in [1.82, 2.24) is 14.1 Å². The Morgan fingerprint density at radius 1 is 1.00 bits per heavy atom. The zero-order valence-corrected chi connectivity index (χ0v) is 18.9. The lowest BCUT2D eigenvalue weighted by Gasteiger charge is -2.39. The number of carbonyl (C=O) groups excluding carboxylic acids is 1. The molecule has 3 aliphatic rings. The van der Waals surface area contributed by atoms with Crippen molar-refractivity contribution in [2.75, 3.05) is 44.2 Å². The lowest BCUT2D eigenvalue weighted by molar-refractivity contribution is -0.136. The van der Waals surface area contributed by atoms with Crippen LogP contribution in [0.5, 0.6) is 0 Å². The van der Waals surface area contributed by atoms with Crippen LogP contribution >= 0.6 is 0 Å². The molecule has 0 aliphatic carbocycles. The van der Waals surface area contributed by atoms with Gasteiger partial charge in [-0.1, -0.05) is 17.7 Å². The largest absolute Gasteiger partial charge is 0.339 e. The van der Waals surface area contributed by atoms with Gasteiger partial charge in [-0.3, -0.25) is 9.69 Å². The first-order valence-corrected chi connectivity index (χ1v) is 13.8. The molecule has 1 aromatic rings. The quantitative estimate of drug-likeness (QED) is 0.655. The summed E-state index contributed by atoms with van der Waals surface area (Å²) in [7, 11) is -6.65. The SMILES string of the molecule is Cc1ccc(S(=O)(=O)N2CCC[C@H]2C(=O)N2CCN([C@@H]3CCS(=O)(=O)C3)CC2)cc1. The maximum atomic E-state index is 13.2. The summed E-state index contributed by atoms with van der Waals surface area (Å²) in [5, 5.41) is 0. The van der Waals surface area contributed by atoms with Gasteiger partial charge in [-0.05, 0) is 38.3 Å². The number of sulfone groups is 1. The van der Waals surface area contributed by atoms with E-state index in [4.69, 9.17) is 0 Å². The number of piperazine rings is 1. The molecule has 2 atom stereocenters. The van der Waals surface area contributed by atoms with Crippen molar-refractivity contribution in [2.24, 2.45) is 0 Å². The topological polar surface area (TPSA) is 95.1 Å². The molecule has 0 unspecified atom stereocenters. The first kappa shape index (κ1) is 21.7. The van der Waals surface area contributed by atoms with Crippen LogP contribution in [0.15, 0.2) is 29.2 Å². The first-order chi connectivity index (χ1) is 14.2. The monoisotopic (exact) mass is 455 g/mol. The molecule has 0 spiro atoms. The van der Waals surface area contributed by atoms with E-state index in [9.17, 15) is 21.6 Å². The van der Waals surface area contributed by atoms with Gasteiger partial charge in [-0.25, -0.2) is 16.8 Å². The number of aryl methyl sites for hydroxylation is 1. The van der Waals surface area contributed by atoms with Gasteiger partial charge in [0.2, 0.25) is 15.9 Å². The number of nitrogens with zero attached hydrogens (tertiary/aromatic N) is 3. The van der Waals surface area contributed by atoms with E-state index in [2.05, 4.69) is 4.90 Å². The summed E-state index contributed by atoms with van der Waals surface area (Å²) in [6.07, 6.45) is 1.86. The van der Waals surface area contributed by atoms with Gasteiger partial charge < -0.3 is 4.90 Å². The summed E-state index contributed by atoms with van der Waals surface area (Å²) in [5.41, 5.74) is 0.982. The maximum absolute atomic E-state index is 13.2. The van der Waals surface area contributed by atoms with Gasteiger partial charge in [-0.2, -0.15) is 4.31 Å². The number of carbonyl (C=O) groups is 1. The van der Waals surface area contributed by atoms with Crippen molar-refractivity contribution in [3.63, 3.8) is 0 Å². The van der Waals surface area contributed by atoms with E-state index in [1.807, 2.05) is 6.92 Å². The smallest absolute Gasteiger partial charge is 0.243 e. The Morgan fingerprint density at radius 2 is 1.67 bits per heavy atom. The second kappa shape index (κ2) is 8.22. The Labute approximate surface area is 178 Å². The molecule has 4 rings (SSSR count). The molecule has 30 heavy (non-hydrogen) atoms. The standard InChI is InChI=1S/C20H29N3O5S2/c1-16-4-6-18(7-5-16)30(27,28)23-9-2-3-19(23)20(24)22-12-10-21(11-13-22)17-8-14-29(25,26)15-17/h4-7,17,19H,2-3,8-15H2,1H3/t17-,19+/m1/s1. The maximum Gasteiger partial charge on any atom is 0.243 e. The normalized spacial score (nSPS) is 28.1. The third kappa shape index (κ3) is 4.28. The van der Waals surface area contributed by atoms with E-state index >= 15 is 0 Å². The average molecular weight is 456 g/mol. The minimum absolute atomic E-state index is 0.0390. The molecule has 3 aliphatic heterocycles. The Balaban J connectivity index is 1.41. The first-order valence-electron chi connectivity index (χ1n) is 10.5. The molecular weight excluding hydrogens is 426 g/mol. The van der Waals surface area contributed by atoms with Gasteiger partial charge in [0.1, 0.15) is 6.04 Å². The predicted molar refractivity (Wildman–Crippen MR) is 113 cm³/mol. The molecule has 0 aromatic heterocycles. The molecule has 10 heteroatoms. The molecule has 1 aromatic carbocycles. The summed E-state index contributed by atoms with van der Waals surface area (Å²) in [6, 6.07) is 6.11. The van der Waals surface area contributed by atoms with E-state index in [1.165, 1.54) is 4.31 Å². The van der Waals surface area contributed by atoms with Gasteiger partial charge in [0, 0.05) is 38.8 Å². The van der Waals surface area contributed by atoms with Crippen LogP contribution in [0.25, 0.3) is 0 Å². The number of benzene rings is 1. The molecule has 3 heterocycles. The zero-order valence-electron chi connectivity index (χ0n) is 17.2. The van der Waals surface area contributed by atoms with Crippen LogP contribution in [0, 0.1) is 6.92 Å². The van der Waals surface area contributed by atoms with Crippen LogP contribution in [0.1, 0.15) is 24.8 Å². The van der Waals surface area contributed by atoms with Crippen LogP contribution in [-0.2, 0) is 24.7 Å². The van der Waals surface area contributed by atoms with Crippen molar-refractivity contribution in [2.45, 2.75) is 43.2 Å². The third-order valence-corrected chi connectivity index (χ3v) is 10.1. The lowest BCUT2D eigenvalue weighted by atomic mass is 10.1. The van der Waals surface area contributed by atoms with Gasteiger partial charge in [0.25, 0.3) is 0 Å². The predicted octanol–water partition coefficient (Wildman–Crippen LogP) is 0.479. The molecule has 166 valence electrons.